The molecule has 0 radical (unpaired) electrons. The molecule has 3 aromatic rings. The summed E-state index contributed by atoms with van der Waals surface area (Å²) in [6, 6.07) is 21.1. The van der Waals surface area contributed by atoms with Gasteiger partial charge in [-0.05, 0) is 47.5 Å². The number of rotatable bonds is 6. The van der Waals surface area contributed by atoms with Crippen LogP contribution < -0.4 is 10.2 Å². The van der Waals surface area contributed by atoms with E-state index in [2.05, 4.69) is 20.7 Å². The van der Waals surface area contributed by atoms with Gasteiger partial charge in [-0.15, -0.1) is 10.2 Å². The predicted molar refractivity (Wildman–Crippen MR) is 95.5 cm³/mol. The van der Waals surface area contributed by atoms with Gasteiger partial charge in [-0.2, -0.15) is 5.10 Å². The van der Waals surface area contributed by atoms with Gasteiger partial charge in [0.05, 0.1) is 6.21 Å². The molecule has 120 valence electrons. The average Bonchev–Trinajstić information content (AvgIpc) is 2.64. The second-order valence-electron chi connectivity index (χ2n) is 4.95. The topological polar surface area (TPSA) is 59.4 Å². The van der Waals surface area contributed by atoms with Crippen LogP contribution in [0.3, 0.4) is 0 Å². The van der Waals surface area contributed by atoms with Crippen LogP contribution in [0.25, 0.3) is 0 Å². The maximum absolute atomic E-state index is 5.74. The first-order valence-corrected chi connectivity index (χ1v) is 7.72. The number of hydrogen-bond donors (Lipinski definition) is 1. The third kappa shape index (κ3) is 4.79. The van der Waals surface area contributed by atoms with Crippen LogP contribution >= 0.6 is 11.6 Å². The Kier molecular flexibility index (Phi) is 5.37. The summed E-state index contributed by atoms with van der Waals surface area (Å²) in [6.45, 7) is 0.547. The lowest BCUT2D eigenvalue weighted by Gasteiger charge is -2.06. The van der Waals surface area contributed by atoms with Crippen LogP contribution in [-0.2, 0) is 6.61 Å². The molecule has 1 N–H and O–H groups in total. The Morgan fingerprint density at radius 2 is 1.75 bits per heavy atom. The van der Waals surface area contributed by atoms with Crippen LogP contribution in [0.5, 0.6) is 5.75 Å². The quantitative estimate of drug-likeness (QED) is 0.541. The van der Waals surface area contributed by atoms with E-state index in [4.69, 9.17) is 16.3 Å². The molecule has 0 aliphatic rings. The minimum absolute atomic E-state index is 0.343. The van der Waals surface area contributed by atoms with Crippen LogP contribution in [0.4, 0.5) is 5.82 Å². The molecule has 1 heterocycles. The highest BCUT2D eigenvalue weighted by Gasteiger charge is 1.96. The summed E-state index contributed by atoms with van der Waals surface area (Å²) in [6.07, 6.45) is 1.69. The molecular formula is C18H15ClN4O. The van der Waals surface area contributed by atoms with Crippen molar-refractivity contribution in [2.45, 2.75) is 6.61 Å². The predicted octanol–water partition coefficient (Wildman–Crippen LogP) is 4.16. The molecule has 0 aliphatic carbocycles. The third-order valence-electron chi connectivity index (χ3n) is 3.15. The Balaban J connectivity index is 1.52. The summed E-state index contributed by atoms with van der Waals surface area (Å²) in [4.78, 5) is 0. The number of ether oxygens (including phenoxy) is 1. The van der Waals surface area contributed by atoms with Crippen molar-refractivity contribution < 1.29 is 4.74 Å². The molecule has 0 atom stereocenters. The lowest BCUT2D eigenvalue weighted by Crippen LogP contribution is -1.96. The van der Waals surface area contributed by atoms with E-state index in [0.29, 0.717) is 17.6 Å². The number of aromatic nitrogens is 2. The van der Waals surface area contributed by atoms with Crippen molar-refractivity contribution in [2.75, 3.05) is 5.43 Å². The highest BCUT2D eigenvalue weighted by molar-refractivity contribution is 6.29. The Hall–Kier alpha value is -2.92. The molecule has 0 spiro atoms. The standard InChI is InChI=1S/C18H15ClN4O/c19-17-10-11-18(23-21-17)22-20-12-14-6-8-16(9-7-14)24-13-15-4-2-1-3-5-15/h1-12H,13H2,(H,22,23). The van der Waals surface area contributed by atoms with Crippen LogP contribution in [0.2, 0.25) is 5.15 Å². The molecule has 0 fully saturated rings. The summed E-state index contributed by atoms with van der Waals surface area (Å²) in [5.74, 6) is 1.34. The van der Waals surface area contributed by atoms with E-state index in [0.717, 1.165) is 16.9 Å². The highest BCUT2D eigenvalue weighted by atomic mass is 35.5. The fourth-order valence-electron chi connectivity index (χ4n) is 1.94. The lowest BCUT2D eigenvalue weighted by atomic mass is 10.2. The maximum Gasteiger partial charge on any atom is 0.168 e. The van der Waals surface area contributed by atoms with Crippen LogP contribution in [0.15, 0.2) is 71.8 Å². The van der Waals surface area contributed by atoms with Crippen molar-refractivity contribution in [2.24, 2.45) is 5.10 Å². The van der Waals surface area contributed by atoms with E-state index in [-0.39, 0.29) is 0 Å². The number of hydrazone groups is 1. The van der Waals surface area contributed by atoms with Gasteiger partial charge in [-0.3, -0.25) is 5.43 Å². The van der Waals surface area contributed by atoms with Crippen LogP contribution in [0.1, 0.15) is 11.1 Å². The highest BCUT2D eigenvalue weighted by Crippen LogP contribution is 2.13. The van der Waals surface area contributed by atoms with E-state index in [1.165, 1.54) is 0 Å². The molecule has 0 saturated heterocycles. The van der Waals surface area contributed by atoms with Gasteiger partial charge in [0.15, 0.2) is 11.0 Å². The summed E-state index contributed by atoms with van der Waals surface area (Å²) < 4.78 is 5.74. The van der Waals surface area contributed by atoms with Gasteiger partial charge in [0.2, 0.25) is 0 Å². The molecule has 0 bridgehead atoms. The van der Waals surface area contributed by atoms with Gasteiger partial charge in [0.25, 0.3) is 0 Å². The summed E-state index contributed by atoms with van der Waals surface area (Å²) >= 11 is 5.67. The molecule has 0 amide bonds. The monoisotopic (exact) mass is 338 g/mol. The first kappa shape index (κ1) is 16.0. The Bertz CT molecular complexity index is 790. The number of nitrogens with zero attached hydrogens (tertiary/aromatic N) is 3. The molecule has 6 heteroatoms. The van der Waals surface area contributed by atoms with Crippen molar-refractivity contribution in [3.63, 3.8) is 0 Å². The van der Waals surface area contributed by atoms with E-state index >= 15 is 0 Å². The zero-order valence-corrected chi connectivity index (χ0v) is 13.5. The van der Waals surface area contributed by atoms with Gasteiger partial charge in [-0.25, -0.2) is 0 Å². The van der Waals surface area contributed by atoms with Crippen molar-refractivity contribution in [3.05, 3.63) is 83.0 Å². The van der Waals surface area contributed by atoms with E-state index < -0.39 is 0 Å². The number of halogens is 1. The van der Waals surface area contributed by atoms with E-state index in [1.54, 1.807) is 18.3 Å². The first-order valence-electron chi connectivity index (χ1n) is 7.35. The number of benzene rings is 2. The Labute approximate surface area is 145 Å². The fraction of sp³-hybridized carbons (Fsp3) is 0.0556. The van der Waals surface area contributed by atoms with E-state index in [9.17, 15) is 0 Å². The van der Waals surface area contributed by atoms with Gasteiger partial charge in [-0.1, -0.05) is 41.9 Å². The van der Waals surface area contributed by atoms with Crippen LogP contribution in [0, 0.1) is 0 Å². The Morgan fingerprint density at radius 1 is 0.958 bits per heavy atom. The zero-order valence-electron chi connectivity index (χ0n) is 12.8. The number of hydrogen-bond acceptors (Lipinski definition) is 5. The Morgan fingerprint density at radius 3 is 2.46 bits per heavy atom. The second kappa shape index (κ2) is 8.08. The van der Waals surface area contributed by atoms with Crippen molar-refractivity contribution in [1.29, 1.82) is 0 Å². The minimum atomic E-state index is 0.343. The molecule has 1 aromatic heterocycles. The molecule has 0 unspecified atom stereocenters. The molecule has 0 saturated carbocycles. The van der Waals surface area contributed by atoms with Crippen molar-refractivity contribution in [3.8, 4) is 5.75 Å². The molecule has 24 heavy (non-hydrogen) atoms. The lowest BCUT2D eigenvalue weighted by molar-refractivity contribution is 0.306. The van der Waals surface area contributed by atoms with Crippen LogP contribution in [-0.4, -0.2) is 16.4 Å². The van der Waals surface area contributed by atoms with Crippen molar-refractivity contribution in [1.82, 2.24) is 10.2 Å². The van der Waals surface area contributed by atoms with E-state index in [1.807, 2.05) is 54.6 Å². The fourth-order valence-corrected chi connectivity index (χ4v) is 2.04. The van der Waals surface area contributed by atoms with Crippen molar-refractivity contribution >= 4 is 23.6 Å². The second-order valence-corrected chi connectivity index (χ2v) is 5.34. The smallest absolute Gasteiger partial charge is 0.168 e. The molecule has 2 aromatic carbocycles. The average molecular weight is 339 g/mol. The number of anilines is 1. The SMILES string of the molecule is Clc1ccc(NN=Cc2ccc(OCc3ccccc3)cc2)nn1. The minimum Gasteiger partial charge on any atom is -0.489 e. The van der Waals surface area contributed by atoms with Gasteiger partial charge >= 0.3 is 0 Å². The summed E-state index contributed by atoms with van der Waals surface area (Å²) in [5, 5.41) is 12.0. The van der Waals surface area contributed by atoms with Gasteiger partial charge < -0.3 is 4.74 Å². The molecule has 5 nitrogen and oxygen atoms in total. The number of nitrogens with one attached hydrogen (secondary N) is 1. The summed E-state index contributed by atoms with van der Waals surface area (Å²) in [7, 11) is 0. The summed E-state index contributed by atoms with van der Waals surface area (Å²) in [5.41, 5.74) is 4.86. The molecule has 0 aliphatic heterocycles. The third-order valence-corrected chi connectivity index (χ3v) is 3.35. The normalized spacial score (nSPS) is 10.7. The largest absolute Gasteiger partial charge is 0.489 e. The molecule has 3 rings (SSSR count). The first-order chi connectivity index (χ1) is 11.8. The molecular weight excluding hydrogens is 324 g/mol. The van der Waals surface area contributed by atoms with Gasteiger partial charge in [0.1, 0.15) is 12.4 Å². The maximum atomic E-state index is 5.74. The zero-order chi connectivity index (χ0) is 16.6. The van der Waals surface area contributed by atoms with Gasteiger partial charge in [0, 0.05) is 0 Å².